The fourth-order valence-corrected chi connectivity index (χ4v) is 2.51. The van der Waals surface area contributed by atoms with Crippen LogP contribution >= 0.6 is 0 Å². The Morgan fingerprint density at radius 3 is 3.00 bits per heavy atom. The molecule has 0 unspecified atom stereocenters. The highest BCUT2D eigenvalue weighted by molar-refractivity contribution is 5.39. The number of aromatic nitrogens is 2. The average Bonchev–Trinajstić information content (AvgIpc) is 2.75. The molecule has 0 spiro atoms. The summed E-state index contributed by atoms with van der Waals surface area (Å²) < 4.78 is 7.63. The van der Waals surface area contributed by atoms with Crippen molar-refractivity contribution in [3.8, 4) is 0 Å². The molecule has 4 heteroatoms. The van der Waals surface area contributed by atoms with Gasteiger partial charge in [-0.25, -0.2) is 4.98 Å². The molecule has 0 atom stereocenters. The van der Waals surface area contributed by atoms with Crippen LogP contribution in [0.2, 0.25) is 0 Å². The molecule has 0 aromatic carbocycles. The van der Waals surface area contributed by atoms with Crippen molar-refractivity contribution in [3.63, 3.8) is 0 Å². The Morgan fingerprint density at radius 1 is 1.44 bits per heavy atom. The maximum atomic E-state index is 5.58. The summed E-state index contributed by atoms with van der Waals surface area (Å²) in [4.78, 5) is 4.56. The fraction of sp³-hybridized carbons (Fsp3) is 0.500. The first-order valence-corrected chi connectivity index (χ1v) is 6.50. The molecule has 3 rings (SSSR count). The van der Waals surface area contributed by atoms with E-state index in [9.17, 15) is 0 Å². The SMILES string of the molecule is COC1(CNCc2cn3ccccc3n2)CCC1. The topological polar surface area (TPSA) is 38.6 Å². The van der Waals surface area contributed by atoms with Crippen molar-refractivity contribution in [3.05, 3.63) is 36.3 Å². The molecule has 0 amide bonds. The van der Waals surface area contributed by atoms with E-state index in [4.69, 9.17) is 4.74 Å². The zero-order chi connectivity index (χ0) is 12.4. The number of rotatable bonds is 5. The predicted molar refractivity (Wildman–Crippen MR) is 70.5 cm³/mol. The van der Waals surface area contributed by atoms with Gasteiger partial charge in [0.15, 0.2) is 0 Å². The van der Waals surface area contributed by atoms with Gasteiger partial charge in [0.2, 0.25) is 0 Å². The molecule has 0 radical (unpaired) electrons. The van der Waals surface area contributed by atoms with Crippen molar-refractivity contribution in [2.45, 2.75) is 31.4 Å². The standard InChI is InChI=1S/C14H19N3O/c1-18-14(6-4-7-14)11-15-9-12-10-17-8-3-2-5-13(17)16-12/h2-3,5,8,10,15H,4,6-7,9,11H2,1H3. The summed E-state index contributed by atoms with van der Waals surface area (Å²) in [6, 6.07) is 6.04. The lowest BCUT2D eigenvalue weighted by molar-refractivity contribution is -0.0695. The monoisotopic (exact) mass is 245 g/mol. The number of imidazole rings is 1. The third kappa shape index (κ3) is 2.13. The van der Waals surface area contributed by atoms with Crippen LogP contribution in [-0.4, -0.2) is 28.6 Å². The maximum Gasteiger partial charge on any atom is 0.137 e. The van der Waals surface area contributed by atoms with Crippen LogP contribution in [0.4, 0.5) is 0 Å². The summed E-state index contributed by atoms with van der Waals surface area (Å²) in [5.74, 6) is 0. The normalized spacial score (nSPS) is 17.8. The molecule has 2 aromatic heterocycles. The Labute approximate surface area is 107 Å². The number of methoxy groups -OCH3 is 1. The van der Waals surface area contributed by atoms with E-state index in [0.29, 0.717) is 0 Å². The number of pyridine rings is 1. The van der Waals surface area contributed by atoms with Crippen LogP contribution < -0.4 is 5.32 Å². The zero-order valence-electron chi connectivity index (χ0n) is 10.7. The van der Waals surface area contributed by atoms with Gasteiger partial charge >= 0.3 is 0 Å². The highest BCUT2D eigenvalue weighted by Crippen LogP contribution is 2.34. The van der Waals surface area contributed by atoms with Gasteiger partial charge in [-0.3, -0.25) is 0 Å². The molecule has 0 saturated heterocycles. The lowest BCUT2D eigenvalue weighted by Crippen LogP contribution is -2.47. The Morgan fingerprint density at radius 2 is 2.33 bits per heavy atom. The van der Waals surface area contributed by atoms with E-state index in [-0.39, 0.29) is 5.60 Å². The van der Waals surface area contributed by atoms with Gasteiger partial charge in [0.05, 0.1) is 11.3 Å². The molecule has 1 fully saturated rings. The van der Waals surface area contributed by atoms with Crippen molar-refractivity contribution in [2.75, 3.05) is 13.7 Å². The Hall–Kier alpha value is -1.39. The van der Waals surface area contributed by atoms with Gasteiger partial charge < -0.3 is 14.5 Å². The molecule has 2 aromatic rings. The summed E-state index contributed by atoms with van der Waals surface area (Å²) in [6.45, 7) is 1.71. The summed E-state index contributed by atoms with van der Waals surface area (Å²) in [5.41, 5.74) is 2.16. The van der Waals surface area contributed by atoms with Gasteiger partial charge in [-0.15, -0.1) is 0 Å². The number of nitrogens with one attached hydrogen (secondary N) is 1. The smallest absolute Gasteiger partial charge is 0.137 e. The van der Waals surface area contributed by atoms with Crippen LogP contribution in [0.25, 0.3) is 5.65 Å². The highest BCUT2D eigenvalue weighted by Gasteiger charge is 2.36. The largest absolute Gasteiger partial charge is 0.377 e. The van der Waals surface area contributed by atoms with E-state index in [1.807, 2.05) is 35.9 Å². The highest BCUT2D eigenvalue weighted by atomic mass is 16.5. The maximum absolute atomic E-state index is 5.58. The average molecular weight is 245 g/mol. The molecule has 1 aliphatic rings. The molecule has 96 valence electrons. The fourth-order valence-electron chi connectivity index (χ4n) is 2.51. The van der Waals surface area contributed by atoms with Crippen molar-refractivity contribution in [2.24, 2.45) is 0 Å². The minimum absolute atomic E-state index is 0.0825. The molecule has 0 bridgehead atoms. The molecule has 1 aliphatic carbocycles. The number of nitrogens with zero attached hydrogens (tertiary/aromatic N) is 2. The summed E-state index contributed by atoms with van der Waals surface area (Å²) in [6.07, 6.45) is 7.71. The Balaban J connectivity index is 1.59. The van der Waals surface area contributed by atoms with Crippen molar-refractivity contribution >= 4 is 5.65 Å². The van der Waals surface area contributed by atoms with Crippen LogP contribution in [0.3, 0.4) is 0 Å². The second-order valence-corrected chi connectivity index (χ2v) is 5.04. The van der Waals surface area contributed by atoms with Gasteiger partial charge in [0, 0.05) is 32.6 Å². The minimum atomic E-state index is 0.0825. The van der Waals surface area contributed by atoms with Gasteiger partial charge in [-0.2, -0.15) is 0 Å². The van der Waals surface area contributed by atoms with Crippen LogP contribution in [0.1, 0.15) is 25.0 Å². The predicted octanol–water partition coefficient (Wildman–Crippen LogP) is 1.99. The number of ether oxygens (including phenoxy) is 1. The van der Waals surface area contributed by atoms with Gasteiger partial charge in [0.1, 0.15) is 5.65 Å². The molecule has 1 saturated carbocycles. The van der Waals surface area contributed by atoms with E-state index in [2.05, 4.69) is 16.5 Å². The second-order valence-electron chi connectivity index (χ2n) is 5.04. The molecule has 1 N–H and O–H groups in total. The molecular weight excluding hydrogens is 226 g/mol. The van der Waals surface area contributed by atoms with Gasteiger partial charge in [0.25, 0.3) is 0 Å². The van der Waals surface area contributed by atoms with Crippen LogP contribution in [0.15, 0.2) is 30.6 Å². The van der Waals surface area contributed by atoms with E-state index < -0.39 is 0 Å². The third-order valence-electron chi connectivity index (χ3n) is 3.86. The molecular formula is C14H19N3O. The summed E-state index contributed by atoms with van der Waals surface area (Å²) in [5, 5.41) is 3.46. The molecule has 4 nitrogen and oxygen atoms in total. The van der Waals surface area contributed by atoms with E-state index in [1.165, 1.54) is 19.3 Å². The number of hydrogen-bond acceptors (Lipinski definition) is 3. The van der Waals surface area contributed by atoms with Crippen molar-refractivity contribution in [1.29, 1.82) is 0 Å². The molecule has 2 heterocycles. The van der Waals surface area contributed by atoms with Crippen molar-refractivity contribution < 1.29 is 4.74 Å². The summed E-state index contributed by atoms with van der Waals surface area (Å²) in [7, 11) is 1.81. The first-order chi connectivity index (χ1) is 8.81. The van der Waals surface area contributed by atoms with Gasteiger partial charge in [-0.1, -0.05) is 6.07 Å². The molecule has 0 aliphatic heterocycles. The van der Waals surface area contributed by atoms with Crippen molar-refractivity contribution in [1.82, 2.24) is 14.7 Å². The quantitative estimate of drug-likeness (QED) is 0.875. The van der Waals surface area contributed by atoms with Gasteiger partial charge in [-0.05, 0) is 31.4 Å². The zero-order valence-corrected chi connectivity index (χ0v) is 10.7. The van der Waals surface area contributed by atoms with E-state index in [0.717, 1.165) is 24.4 Å². The van der Waals surface area contributed by atoms with E-state index in [1.54, 1.807) is 0 Å². The Kier molecular flexibility index (Phi) is 3.06. The second kappa shape index (κ2) is 4.71. The summed E-state index contributed by atoms with van der Waals surface area (Å²) >= 11 is 0. The van der Waals surface area contributed by atoms with E-state index >= 15 is 0 Å². The molecule has 18 heavy (non-hydrogen) atoms. The van der Waals surface area contributed by atoms with Crippen LogP contribution in [0, 0.1) is 0 Å². The lowest BCUT2D eigenvalue weighted by Gasteiger charge is -2.40. The van der Waals surface area contributed by atoms with Crippen LogP contribution in [0.5, 0.6) is 0 Å². The Bertz CT molecular complexity index is 492. The minimum Gasteiger partial charge on any atom is -0.377 e. The third-order valence-corrected chi connectivity index (χ3v) is 3.86. The first kappa shape index (κ1) is 11.7. The first-order valence-electron chi connectivity index (χ1n) is 6.50. The number of fused-ring (bicyclic) bond motifs is 1. The number of hydrogen-bond donors (Lipinski definition) is 1. The van der Waals surface area contributed by atoms with Crippen LogP contribution in [-0.2, 0) is 11.3 Å². The lowest BCUT2D eigenvalue weighted by atomic mass is 9.80.